The van der Waals surface area contributed by atoms with Crippen LogP contribution in [0.4, 0.5) is 5.00 Å². The molecule has 13 heteroatoms. The number of aromatic nitrogens is 3. The molecule has 0 radical (unpaired) electrons. The van der Waals surface area contributed by atoms with Crippen LogP contribution in [0.25, 0.3) is 0 Å². The summed E-state index contributed by atoms with van der Waals surface area (Å²) in [5.74, 6) is 1.05. The van der Waals surface area contributed by atoms with Gasteiger partial charge in [0.25, 0.3) is 5.91 Å². The van der Waals surface area contributed by atoms with E-state index in [0.29, 0.717) is 44.5 Å². The molecule has 0 fully saturated rings. The second kappa shape index (κ2) is 14.0. The molecule has 1 aliphatic carbocycles. The molecule has 1 aliphatic rings. The number of hydrogen-bond acceptors (Lipinski definition) is 10. The van der Waals surface area contributed by atoms with Crippen LogP contribution in [0, 0.1) is 11.3 Å². The first-order valence-electron chi connectivity index (χ1n) is 14.6. The minimum atomic E-state index is -0.538. The van der Waals surface area contributed by atoms with Gasteiger partial charge >= 0.3 is 5.97 Å². The van der Waals surface area contributed by atoms with E-state index < -0.39 is 11.2 Å². The van der Waals surface area contributed by atoms with E-state index in [9.17, 15) is 14.4 Å². The highest BCUT2D eigenvalue weighted by atomic mass is 32.2. The molecule has 0 saturated heterocycles. The zero-order chi connectivity index (χ0) is 32.2. The third-order valence-corrected chi connectivity index (χ3v) is 10.1. The van der Waals surface area contributed by atoms with Crippen LogP contribution in [0.3, 0.4) is 0 Å². The predicted molar refractivity (Wildman–Crippen MR) is 171 cm³/mol. The fourth-order valence-corrected chi connectivity index (χ4v) is 7.25. The number of rotatable bonds is 11. The summed E-state index contributed by atoms with van der Waals surface area (Å²) < 4.78 is 17.6. The van der Waals surface area contributed by atoms with Crippen LogP contribution in [0.2, 0.25) is 0 Å². The molecule has 2 N–H and O–H groups in total. The van der Waals surface area contributed by atoms with E-state index in [1.165, 1.54) is 37.3 Å². The first-order chi connectivity index (χ1) is 20.9. The van der Waals surface area contributed by atoms with Gasteiger partial charge in [-0.15, -0.1) is 21.5 Å². The highest BCUT2D eigenvalue weighted by Crippen LogP contribution is 2.44. The predicted octanol–water partition coefficient (Wildman–Crippen LogP) is 5.27. The van der Waals surface area contributed by atoms with Crippen molar-refractivity contribution < 1.29 is 28.6 Å². The topological polar surface area (TPSA) is 134 Å². The van der Waals surface area contributed by atoms with Gasteiger partial charge < -0.3 is 29.4 Å². The van der Waals surface area contributed by atoms with Gasteiger partial charge in [0.05, 0.1) is 38.2 Å². The maximum absolute atomic E-state index is 13.4. The lowest BCUT2D eigenvalue weighted by atomic mass is 9.72. The van der Waals surface area contributed by atoms with Crippen molar-refractivity contribution in [2.45, 2.75) is 70.8 Å². The van der Waals surface area contributed by atoms with Crippen molar-refractivity contribution in [3.63, 3.8) is 0 Å². The standard InChI is InChI=1S/C31H41N5O6S2/c1-9-42-29(39)25-20-12-11-19(31(3,4)5)15-23(20)44-28(25)33-26(37)17(2)43-30-35-34-24(36(30)6)16-32-27(38)18-10-13-21(40-7)22(14-18)41-8/h10,13-14,17,19H,9,11-12,15-16H2,1-8H3,(H,32,38)(H,33,37). The Kier molecular flexibility index (Phi) is 10.6. The van der Waals surface area contributed by atoms with Gasteiger partial charge in [-0.2, -0.15) is 0 Å². The molecule has 4 rings (SSSR count). The number of hydrogen-bond donors (Lipinski definition) is 2. The maximum Gasteiger partial charge on any atom is 0.341 e. The lowest BCUT2D eigenvalue weighted by Gasteiger charge is -2.33. The van der Waals surface area contributed by atoms with Gasteiger partial charge in [0, 0.05) is 17.5 Å². The number of thiophene rings is 1. The Labute approximate surface area is 266 Å². The molecule has 2 aromatic heterocycles. The third-order valence-electron chi connectivity index (χ3n) is 7.84. The number of amides is 2. The van der Waals surface area contributed by atoms with E-state index in [1.54, 1.807) is 43.7 Å². The number of anilines is 1. The molecular formula is C31H41N5O6S2. The van der Waals surface area contributed by atoms with Crippen LogP contribution in [0.5, 0.6) is 11.5 Å². The zero-order valence-electron chi connectivity index (χ0n) is 26.5. The molecule has 3 aromatic rings. The van der Waals surface area contributed by atoms with Crippen molar-refractivity contribution in [3.05, 3.63) is 45.6 Å². The molecule has 2 heterocycles. The van der Waals surface area contributed by atoms with E-state index in [0.717, 1.165) is 29.7 Å². The van der Waals surface area contributed by atoms with Gasteiger partial charge in [-0.3, -0.25) is 9.59 Å². The number of nitrogens with one attached hydrogen (secondary N) is 2. The van der Waals surface area contributed by atoms with Crippen molar-refractivity contribution >= 4 is 45.9 Å². The van der Waals surface area contributed by atoms with Gasteiger partial charge in [-0.1, -0.05) is 32.5 Å². The van der Waals surface area contributed by atoms with Gasteiger partial charge in [0.1, 0.15) is 5.00 Å². The van der Waals surface area contributed by atoms with Crippen LogP contribution in [-0.2, 0) is 36.0 Å². The van der Waals surface area contributed by atoms with E-state index in [2.05, 4.69) is 41.6 Å². The quantitative estimate of drug-likeness (QED) is 0.212. The first-order valence-corrected chi connectivity index (χ1v) is 16.2. The summed E-state index contributed by atoms with van der Waals surface area (Å²) in [7, 11) is 4.82. The van der Waals surface area contributed by atoms with Gasteiger partial charge in [0.15, 0.2) is 22.5 Å². The van der Waals surface area contributed by atoms with Crippen molar-refractivity contribution in [1.82, 2.24) is 20.1 Å². The van der Waals surface area contributed by atoms with Crippen molar-refractivity contribution in [1.29, 1.82) is 0 Å². The van der Waals surface area contributed by atoms with E-state index in [4.69, 9.17) is 14.2 Å². The molecule has 238 valence electrons. The number of nitrogens with zero attached hydrogens (tertiary/aromatic N) is 3. The second-order valence-corrected chi connectivity index (χ2v) is 14.1. The summed E-state index contributed by atoms with van der Waals surface area (Å²) in [6.07, 6.45) is 2.65. The van der Waals surface area contributed by atoms with Crippen molar-refractivity contribution in [2.24, 2.45) is 18.4 Å². The molecule has 44 heavy (non-hydrogen) atoms. The normalized spacial score (nSPS) is 15.2. The molecular weight excluding hydrogens is 603 g/mol. The Morgan fingerprint density at radius 2 is 1.89 bits per heavy atom. The maximum atomic E-state index is 13.4. The molecule has 0 aliphatic heterocycles. The number of benzene rings is 1. The fourth-order valence-electron chi connectivity index (χ4n) is 5.10. The number of esters is 1. The molecule has 2 unspecified atom stereocenters. The largest absolute Gasteiger partial charge is 0.493 e. The lowest BCUT2D eigenvalue weighted by molar-refractivity contribution is -0.115. The Bertz CT molecular complexity index is 1530. The second-order valence-electron chi connectivity index (χ2n) is 11.7. The molecule has 0 spiro atoms. The van der Waals surface area contributed by atoms with Crippen LogP contribution < -0.4 is 20.1 Å². The van der Waals surface area contributed by atoms with Gasteiger partial charge in [-0.25, -0.2) is 4.79 Å². The number of ether oxygens (including phenoxy) is 3. The first kappa shape index (κ1) is 33.3. The Morgan fingerprint density at radius 1 is 1.16 bits per heavy atom. The zero-order valence-corrected chi connectivity index (χ0v) is 28.2. The fraction of sp³-hybridized carbons (Fsp3) is 0.516. The average Bonchev–Trinajstić information content (AvgIpc) is 3.53. The van der Waals surface area contributed by atoms with Crippen molar-refractivity contribution in [3.8, 4) is 11.5 Å². The molecule has 2 atom stereocenters. The third kappa shape index (κ3) is 7.37. The van der Waals surface area contributed by atoms with E-state index in [-0.39, 0.29) is 30.4 Å². The summed E-state index contributed by atoms with van der Waals surface area (Å²) in [6, 6.07) is 4.92. The smallest absolute Gasteiger partial charge is 0.341 e. The van der Waals surface area contributed by atoms with Crippen LogP contribution in [0.1, 0.15) is 78.0 Å². The molecule has 11 nitrogen and oxygen atoms in total. The van der Waals surface area contributed by atoms with E-state index in [1.807, 2.05) is 0 Å². The number of carbonyl (C=O) groups is 3. The molecule has 0 bridgehead atoms. The SMILES string of the molecule is CCOC(=O)c1c(NC(=O)C(C)Sc2nnc(CNC(=O)c3ccc(OC)c(OC)c3)n2C)sc2c1CCC(C(C)(C)C)C2. The summed E-state index contributed by atoms with van der Waals surface area (Å²) >= 11 is 2.72. The Hall–Kier alpha value is -3.58. The number of thioether (sulfide) groups is 1. The molecule has 0 saturated carbocycles. The molecule has 2 amide bonds. The minimum Gasteiger partial charge on any atom is -0.493 e. The van der Waals surface area contributed by atoms with Crippen LogP contribution >= 0.6 is 23.1 Å². The van der Waals surface area contributed by atoms with Gasteiger partial charge in [-0.05, 0) is 68.2 Å². The van der Waals surface area contributed by atoms with Crippen molar-refractivity contribution in [2.75, 3.05) is 26.1 Å². The lowest BCUT2D eigenvalue weighted by Crippen LogP contribution is -2.27. The summed E-state index contributed by atoms with van der Waals surface area (Å²) in [6.45, 7) is 10.7. The summed E-state index contributed by atoms with van der Waals surface area (Å²) in [5.41, 5.74) is 2.05. The highest BCUT2D eigenvalue weighted by molar-refractivity contribution is 8.00. The van der Waals surface area contributed by atoms with Crippen LogP contribution in [-0.4, -0.2) is 58.6 Å². The minimum absolute atomic E-state index is 0.136. The Balaban J connectivity index is 1.42. The monoisotopic (exact) mass is 643 g/mol. The van der Waals surface area contributed by atoms with E-state index >= 15 is 0 Å². The van der Waals surface area contributed by atoms with Gasteiger partial charge in [0.2, 0.25) is 5.91 Å². The summed E-state index contributed by atoms with van der Waals surface area (Å²) in [4.78, 5) is 40.2. The molecule has 1 aromatic carbocycles. The summed E-state index contributed by atoms with van der Waals surface area (Å²) in [5, 5.41) is 14.8. The Morgan fingerprint density at radius 3 is 2.55 bits per heavy atom. The number of carbonyl (C=O) groups excluding carboxylic acids is 3. The number of methoxy groups -OCH3 is 2. The highest BCUT2D eigenvalue weighted by Gasteiger charge is 2.35. The van der Waals surface area contributed by atoms with Crippen LogP contribution in [0.15, 0.2) is 23.4 Å². The number of fused-ring (bicyclic) bond motifs is 1. The average molecular weight is 644 g/mol.